The van der Waals surface area contributed by atoms with Gasteiger partial charge in [-0.25, -0.2) is 9.97 Å². The second-order valence-corrected chi connectivity index (χ2v) is 11.0. The first kappa shape index (κ1) is 21.5. The van der Waals surface area contributed by atoms with E-state index >= 15 is 0 Å². The van der Waals surface area contributed by atoms with Gasteiger partial charge in [-0.2, -0.15) is 0 Å². The van der Waals surface area contributed by atoms with Gasteiger partial charge in [-0.3, -0.25) is 0 Å². The van der Waals surface area contributed by atoms with Gasteiger partial charge < -0.3 is 0 Å². The van der Waals surface area contributed by atoms with Crippen molar-refractivity contribution in [1.29, 1.82) is 0 Å². The molecule has 2 aliphatic carbocycles. The van der Waals surface area contributed by atoms with E-state index in [0.29, 0.717) is 0 Å². The fourth-order valence-corrected chi connectivity index (χ4v) is 6.77. The molecule has 0 aliphatic heterocycles. The van der Waals surface area contributed by atoms with Crippen molar-refractivity contribution in [3.8, 4) is 44.9 Å². The molecule has 0 atom stereocenters. The van der Waals surface area contributed by atoms with Crippen LogP contribution in [0.3, 0.4) is 0 Å². The van der Waals surface area contributed by atoms with Crippen molar-refractivity contribution in [3.05, 3.63) is 131 Å². The van der Waals surface area contributed by atoms with E-state index in [2.05, 4.69) is 98.8 Å². The summed E-state index contributed by atoms with van der Waals surface area (Å²) in [5, 5.41) is 1.08. The first-order valence-corrected chi connectivity index (χ1v) is 13.3. The maximum atomic E-state index is 5.11. The number of nitrogens with zero attached hydrogens (tertiary/aromatic N) is 2. The van der Waals surface area contributed by atoms with E-state index in [1.54, 1.807) is 0 Å². The van der Waals surface area contributed by atoms with Gasteiger partial charge in [0.05, 0.1) is 11.2 Å². The molecule has 0 amide bonds. The van der Waals surface area contributed by atoms with Crippen molar-refractivity contribution < 1.29 is 0 Å². The molecule has 0 spiro atoms. The predicted molar refractivity (Wildman–Crippen MR) is 156 cm³/mol. The molecule has 0 bridgehead atoms. The Balaban J connectivity index is 1.28. The molecule has 180 valence electrons. The lowest BCUT2D eigenvalue weighted by atomic mass is 9.79. The van der Waals surface area contributed by atoms with E-state index < -0.39 is 0 Å². The molecule has 38 heavy (non-hydrogen) atoms. The van der Waals surface area contributed by atoms with Crippen LogP contribution in [0.1, 0.15) is 36.1 Å². The van der Waals surface area contributed by atoms with Gasteiger partial charge in [-0.1, -0.05) is 111 Å². The fourth-order valence-electron chi connectivity index (χ4n) is 6.77. The van der Waals surface area contributed by atoms with Crippen LogP contribution >= 0.6 is 0 Å². The van der Waals surface area contributed by atoms with E-state index in [1.165, 1.54) is 44.5 Å². The van der Waals surface area contributed by atoms with E-state index in [1.807, 2.05) is 24.3 Å². The van der Waals surface area contributed by atoms with Crippen LogP contribution in [-0.2, 0) is 11.8 Å². The number of hydrogen-bond donors (Lipinski definition) is 0. The second-order valence-electron chi connectivity index (χ2n) is 11.0. The van der Waals surface area contributed by atoms with Gasteiger partial charge in [0, 0.05) is 21.9 Å². The highest BCUT2D eigenvalue weighted by molar-refractivity contribution is 5.95. The van der Waals surface area contributed by atoms with Crippen LogP contribution < -0.4 is 0 Å². The SMILES string of the molecule is CC1(C)c2ccccc2-c2ccc3c(c21)Cc1cc(-c2nc(-c4ccccc4)nc4ccccc24)ccc1-3. The lowest BCUT2D eigenvalue weighted by molar-refractivity contribution is 0.654. The Morgan fingerprint density at radius 3 is 2.24 bits per heavy atom. The average molecular weight is 487 g/mol. The maximum absolute atomic E-state index is 5.11. The quantitative estimate of drug-likeness (QED) is 0.244. The number of fused-ring (bicyclic) bond motifs is 8. The Morgan fingerprint density at radius 2 is 1.34 bits per heavy atom. The largest absolute Gasteiger partial charge is 0.228 e. The zero-order valence-electron chi connectivity index (χ0n) is 21.5. The lowest BCUT2D eigenvalue weighted by Gasteiger charge is -2.24. The van der Waals surface area contributed by atoms with Crippen LogP contribution in [0.5, 0.6) is 0 Å². The lowest BCUT2D eigenvalue weighted by Crippen LogP contribution is -2.17. The van der Waals surface area contributed by atoms with Crippen molar-refractivity contribution in [2.75, 3.05) is 0 Å². The summed E-state index contributed by atoms with van der Waals surface area (Å²) in [6, 6.07) is 39.1. The summed E-state index contributed by atoms with van der Waals surface area (Å²) in [6.07, 6.45) is 0.952. The zero-order chi connectivity index (χ0) is 25.4. The van der Waals surface area contributed by atoms with E-state index in [9.17, 15) is 0 Å². The van der Waals surface area contributed by atoms with Crippen LogP contribution in [0, 0.1) is 0 Å². The third kappa shape index (κ3) is 2.95. The average Bonchev–Trinajstić information content (AvgIpc) is 3.44. The number of aromatic nitrogens is 2. The van der Waals surface area contributed by atoms with E-state index in [4.69, 9.17) is 9.97 Å². The highest BCUT2D eigenvalue weighted by atomic mass is 14.9. The molecule has 2 nitrogen and oxygen atoms in total. The third-order valence-corrected chi connectivity index (χ3v) is 8.50. The minimum Gasteiger partial charge on any atom is -0.228 e. The summed E-state index contributed by atoms with van der Waals surface area (Å²) in [6.45, 7) is 4.76. The van der Waals surface area contributed by atoms with Crippen LogP contribution in [0.4, 0.5) is 0 Å². The van der Waals surface area contributed by atoms with Gasteiger partial charge in [0.25, 0.3) is 0 Å². The van der Waals surface area contributed by atoms with Crippen LogP contribution in [0.2, 0.25) is 0 Å². The topological polar surface area (TPSA) is 25.8 Å². The minimum absolute atomic E-state index is 0.00438. The zero-order valence-corrected chi connectivity index (χ0v) is 21.5. The van der Waals surface area contributed by atoms with E-state index in [-0.39, 0.29) is 5.41 Å². The number of para-hydroxylation sites is 1. The highest BCUT2D eigenvalue weighted by Gasteiger charge is 2.39. The Morgan fingerprint density at radius 1 is 0.605 bits per heavy atom. The van der Waals surface area contributed by atoms with Gasteiger partial charge in [0.1, 0.15) is 0 Å². The molecule has 2 heteroatoms. The molecule has 0 saturated carbocycles. The third-order valence-electron chi connectivity index (χ3n) is 8.50. The number of benzene rings is 5. The summed E-state index contributed by atoms with van der Waals surface area (Å²) in [4.78, 5) is 10.0. The predicted octanol–water partition coefficient (Wildman–Crippen LogP) is 8.84. The molecule has 0 N–H and O–H groups in total. The Labute approximate surface area is 222 Å². The summed E-state index contributed by atoms with van der Waals surface area (Å²) < 4.78 is 0. The fraction of sp³-hybridized carbons (Fsp3) is 0.111. The number of hydrogen-bond acceptors (Lipinski definition) is 2. The van der Waals surface area contributed by atoms with Gasteiger partial charge in [-0.15, -0.1) is 0 Å². The van der Waals surface area contributed by atoms with Gasteiger partial charge >= 0.3 is 0 Å². The smallest absolute Gasteiger partial charge is 0.160 e. The standard InChI is InChI=1S/C36H26N2/c1-36(2)31-14-8-6-12-27(31)28-19-18-26-25-17-16-23(20-24(25)21-30(26)33(28)36)34-29-13-7-9-15-32(29)37-35(38-34)22-10-4-3-5-11-22/h3-20H,21H2,1-2H3. The Kier molecular flexibility index (Phi) is 4.37. The molecule has 1 aromatic heterocycles. The summed E-state index contributed by atoms with van der Waals surface area (Å²) in [5.41, 5.74) is 15.4. The second kappa shape index (κ2) is 7.72. The van der Waals surface area contributed by atoms with Crippen LogP contribution in [0.15, 0.2) is 109 Å². The molecular weight excluding hydrogens is 460 g/mol. The van der Waals surface area contributed by atoms with Crippen molar-refractivity contribution >= 4 is 10.9 Å². The Bertz CT molecular complexity index is 1910. The van der Waals surface area contributed by atoms with Crippen molar-refractivity contribution in [2.45, 2.75) is 25.7 Å². The van der Waals surface area contributed by atoms with Gasteiger partial charge in [0.2, 0.25) is 0 Å². The Hall–Kier alpha value is -4.56. The van der Waals surface area contributed by atoms with Crippen molar-refractivity contribution in [3.63, 3.8) is 0 Å². The first-order valence-electron chi connectivity index (χ1n) is 13.3. The molecule has 2 aliphatic rings. The normalized spacial score (nSPS) is 14.2. The van der Waals surface area contributed by atoms with Crippen molar-refractivity contribution in [2.24, 2.45) is 0 Å². The minimum atomic E-state index is -0.00438. The highest BCUT2D eigenvalue weighted by Crippen LogP contribution is 2.54. The van der Waals surface area contributed by atoms with Crippen molar-refractivity contribution in [1.82, 2.24) is 9.97 Å². The molecule has 1 heterocycles. The monoisotopic (exact) mass is 486 g/mol. The summed E-state index contributed by atoms with van der Waals surface area (Å²) >= 11 is 0. The molecule has 0 fully saturated rings. The molecule has 8 rings (SSSR count). The molecule has 0 unspecified atom stereocenters. The molecule has 0 radical (unpaired) electrons. The summed E-state index contributed by atoms with van der Waals surface area (Å²) in [7, 11) is 0. The molecular formula is C36H26N2. The van der Waals surface area contributed by atoms with Gasteiger partial charge in [0.15, 0.2) is 5.82 Å². The van der Waals surface area contributed by atoms with Crippen LogP contribution in [0.25, 0.3) is 55.8 Å². The maximum Gasteiger partial charge on any atom is 0.160 e. The summed E-state index contributed by atoms with van der Waals surface area (Å²) in [5.74, 6) is 0.764. The number of rotatable bonds is 2. The molecule has 0 saturated heterocycles. The van der Waals surface area contributed by atoms with E-state index in [0.717, 1.165) is 40.0 Å². The first-order chi connectivity index (χ1) is 18.6. The molecule has 5 aromatic carbocycles. The van der Waals surface area contributed by atoms with Crippen LogP contribution in [-0.4, -0.2) is 9.97 Å². The van der Waals surface area contributed by atoms with Gasteiger partial charge in [-0.05, 0) is 63.1 Å². The molecule has 6 aromatic rings.